The van der Waals surface area contributed by atoms with Gasteiger partial charge in [0.25, 0.3) is 5.91 Å². The quantitative estimate of drug-likeness (QED) is 0.110. The maximum absolute atomic E-state index is 13.3. The number of rotatable bonds is 10. The Morgan fingerprint density at radius 2 is 1.81 bits per heavy atom. The van der Waals surface area contributed by atoms with E-state index in [0.29, 0.717) is 38.8 Å². The maximum Gasteiger partial charge on any atom is 0.416 e. The van der Waals surface area contributed by atoms with E-state index in [4.69, 9.17) is 19.9 Å². The van der Waals surface area contributed by atoms with Gasteiger partial charge in [-0.05, 0) is 41.5 Å². The Balaban J connectivity index is 1.25. The third-order valence-corrected chi connectivity index (χ3v) is 8.63. The number of pyridine rings is 1. The summed E-state index contributed by atoms with van der Waals surface area (Å²) in [5.74, 6) is 0.702. The van der Waals surface area contributed by atoms with Gasteiger partial charge in [0.1, 0.15) is 11.2 Å². The van der Waals surface area contributed by atoms with Gasteiger partial charge < -0.3 is 24.3 Å². The van der Waals surface area contributed by atoms with Gasteiger partial charge in [0, 0.05) is 59.2 Å². The van der Waals surface area contributed by atoms with Gasteiger partial charge in [0.15, 0.2) is 16.7 Å². The van der Waals surface area contributed by atoms with Gasteiger partial charge in [0.2, 0.25) is 0 Å². The van der Waals surface area contributed by atoms with Gasteiger partial charge in [0.05, 0.1) is 25.3 Å². The van der Waals surface area contributed by atoms with E-state index >= 15 is 0 Å². The molecule has 3 aromatic heterocycles. The molecular formula is C34H29F3N6O3S. The van der Waals surface area contributed by atoms with Crippen LogP contribution in [0.4, 0.5) is 13.2 Å². The topological polar surface area (TPSA) is 118 Å². The summed E-state index contributed by atoms with van der Waals surface area (Å²) >= 11 is 1.20. The summed E-state index contributed by atoms with van der Waals surface area (Å²) in [4.78, 5) is 25.3. The second kappa shape index (κ2) is 13.2. The fourth-order valence-corrected chi connectivity index (χ4v) is 6.17. The van der Waals surface area contributed by atoms with Gasteiger partial charge >= 0.3 is 6.18 Å². The Bertz CT molecular complexity index is 2150. The number of ether oxygens (including phenoxy) is 2. The highest BCUT2D eigenvalue weighted by molar-refractivity contribution is 7.98. The Morgan fingerprint density at radius 1 is 1.00 bits per heavy atom. The van der Waals surface area contributed by atoms with Crippen LogP contribution in [0.2, 0.25) is 0 Å². The Labute approximate surface area is 271 Å². The number of methoxy groups -OCH3 is 2. The van der Waals surface area contributed by atoms with E-state index in [0.717, 1.165) is 34.2 Å². The molecule has 0 fully saturated rings. The number of alkyl halides is 3. The number of benzene rings is 3. The number of thioether (sulfide) groups is 1. The van der Waals surface area contributed by atoms with Crippen LogP contribution in [-0.2, 0) is 18.5 Å². The third kappa shape index (κ3) is 6.80. The second-order valence-corrected chi connectivity index (χ2v) is 11.5. The third-order valence-electron chi connectivity index (χ3n) is 7.58. The summed E-state index contributed by atoms with van der Waals surface area (Å²) in [6.45, 7) is 0.335. The molecule has 0 saturated carbocycles. The van der Waals surface area contributed by atoms with Crippen molar-refractivity contribution in [1.29, 1.82) is 5.41 Å². The summed E-state index contributed by atoms with van der Waals surface area (Å²) in [5, 5.41) is 13.7. The van der Waals surface area contributed by atoms with Crippen LogP contribution in [0.5, 0.6) is 11.5 Å². The van der Waals surface area contributed by atoms with Crippen LogP contribution < -0.4 is 20.3 Å². The second-order valence-electron chi connectivity index (χ2n) is 10.6. The standard InChI is InChI=1S/C34H29F3N6O3S/c1-45-29-16-25-27(17-30(29)46-2)42-33(47-19-20-5-3-7-24(13-20)34(35,36)37)43(31(25)38)12-11-40-32(44)28-15-22-9-8-21(14-26(22)41-28)23-6-4-10-39-18-23/h3-10,13-18,38,41H,11-12,19H2,1-2H3,(H,40,44). The minimum atomic E-state index is -4.46. The number of hydrogen-bond donors (Lipinski definition) is 3. The fraction of sp³-hybridized carbons (Fsp3) is 0.176. The molecule has 0 saturated heterocycles. The van der Waals surface area contributed by atoms with Crippen LogP contribution in [0.1, 0.15) is 21.6 Å². The Hall–Kier alpha value is -5.30. The molecule has 1 amide bonds. The van der Waals surface area contributed by atoms with Crippen LogP contribution in [-0.4, -0.2) is 46.2 Å². The van der Waals surface area contributed by atoms with Crippen molar-refractivity contribution in [3.8, 4) is 22.6 Å². The number of amides is 1. The molecule has 0 radical (unpaired) electrons. The first-order valence-electron chi connectivity index (χ1n) is 14.5. The zero-order chi connectivity index (χ0) is 33.1. The molecule has 3 aromatic carbocycles. The van der Waals surface area contributed by atoms with Crippen molar-refractivity contribution >= 4 is 39.5 Å². The molecule has 3 N–H and O–H groups in total. The van der Waals surface area contributed by atoms with Gasteiger partial charge in [-0.1, -0.05) is 48.2 Å². The first-order chi connectivity index (χ1) is 22.6. The minimum Gasteiger partial charge on any atom is -0.493 e. The van der Waals surface area contributed by atoms with Crippen LogP contribution in [0, 0.1) is 5.41 Å². The lowest BCUT2D eigenvalue weighted by atomic mass is 10.1. The van der Waals surface area contributed by atoms with Crippen molar-refractivity contribution in [2.75, 3.05) is 20.8 Å². The molecule has 0 aliphatic heterocycles. The van der Waals surface area contributed by atoms with E-state index in [1.54, 1.807) is 41.2 Å². The monoisotopic (exact) mass is 658 g/mol. The zero-order valence-corrected chi connectivity index (χ0v) is 26.1. The fourth-order valence-electron chi connectivity index (χ4n) is 5.20. The average molecular weight is 659 g/mol. The molecular weight excluding hydrogens is 629 g/mol. The highest BCUT2D eigenvalue weighted by Gasteiger charge is 2.30. The SMILES string of the molecule is COc1cc2nc(SCc3cccc(C(F)(F)F)c3)n(CCNC(=O)c3cc4ccc(-c5cccnc5)cc4[nH]3)c(=N)c2cc1OC. The van der Waals surface area contributed by atoms with Crippen LogP contribution >= 0.6 is 11.8 Å². The molecule has 13 heteroatoms. The molecule has 9 nitrogen and oxygen atoms in total. The molecule has 47 heavy (non-hydrogen) atoms. The normalized spacial score (nSPS) is 11.6. The number of fused-ring (bicyclic) bond motifs is 2. The Morgan fingerprint density at radius 3 is 2.55 bits per heavy atom. The van der Waals surface area contributed by atoms with Gasteiger partial charge in [-0.2, -0.15) is 13.2 Å². The summed E-state index contributed by atoms with van der Waals surface area (Å²) in [5.41, 5.74) is 3.39. The lowest BCUT2D eigenvalue weighted by Crippen LogP contribution is -2.32. The van der Waals surface area contributed by atoms with Crippen LogP contribution in [0.25, 0.3) is 32.9 Å². The smallest absolute Gasteiger partial charge is 0.416 e. The van der Waals surface area contributed by atoms with Gasteiger partial charge in [-0.3, -0.25) is 15.2 Å². The molecule has 240 valence electrons. The van der Waals surface area contributed by atoms with Gasteiger partial charge in [-0.25, -0.2) is 4.98 Å². The number of aromatic amines is 1. The molecule has 0 aliphatic carbocycles. The number of carbonyl (C=O) groups is 1. The minimum absolute atomic E-state index is 0.102. The molecule has 0 spiro atoms. The van der Waals surface area contributed by atoms with E-state index in [2.05, 4.69) is 15.3 Å². The Kier molecular flexibility index (Phi) is 8.90. The molecule has 0 atom stereocenters. The van der Waals surface area contributed by atoms with E-state index in [1.807, 2.05) is 30.3 Å². The van der Waals surface area contributed by atoms with Crippen LogP contribution in [0.3, 0.4) is 0 Å². The van der Waals surface area contributed by atoms with E-state index < -0.39 is 11.7 Å². The largest absolute Gasteiger partial charge is 0.493 e. The number of carbonyl (C=O) groups excluding carboxylic acids is 1. The highest BCUT2D eigenvalue weighted by Crippen LogP contribution is 2.33. The molecule has 6 rings (SSSR count). The lowest BCUT2D eigenvalue weighted by molar-refractivity contribution is -0.137. The maximum atomic E-state index is 13.3. The van der Waals surface area contributed by atoms with Crippen LogP contribution in [0.15, 0.2) is 90.3 Å². The molecule has 0 aliphatic rings. The number of hydrogen-bond acceptors (Lipinski definition) is 7. The molecule has 6 aromatic rings. The van der Waals surface area contributed by atoms with Crippen molar-refractivity contribution in [3.05, 3.63) is 107 Å². The van der Waals surface area contributed by atoms with Crippen molar-refractivity contribution in [1.82, 2.24) is 24.8 Å². The first kappa shape index (κ1) is 31.7. The van der Waals surface area contributed by atoms with E-state index in [-0.39, 0.29) is 30.2 Å². The first-order valence-corrected chi connectivity index (χ1v) is 15.4. The number of aromatic nitrogens is 4. The summed E-state index contributed by atoms with van der Waals surface area (Å²) in [6, 6.07) is 19.9. The number of nitrogens with zero attached hydrogens (tertiary/aromatic N) is 3. The average Bonchev–Trinajstić information content (AvgIpc) is 3.52. The predicted octanol–water partition coefficient (Wildman–Crippen LogP) is 6.82. The lowest BCUT2D eigenvalue weighted by Gasteiger charge is -2.16. The highest BCUT2D eigenvalue weighted by atomic mass is 32.2. The summed E-state index contributed by atoms with van der Waals surface area (Å²) in [6.07, 6.45) is -0.978. The number of halogens is 3. The molecule has 0 unspecified atom stereocenters. The summed E-state index contributed by atoms with van der Waals surface area (Å²) in [7, 11) is 2.99. The molecule has 3 heterocycles. The van der Waals surface area contributed by atoms with Crippen molar-refractivity contribution in [2.24, 2.45) is 0 Å². The van der Waals surface area contributed by atoms with E-state index in [9.17, 15) is 18.0 Å². The summed E-state index contributed by atoms with van der Waals surface area (Å²) < 4.78 is 52.4. The van der Waals surface area contributed by atoms with Crippen molar-refractivity contribution in [3.63, 3.8) is 0 Å². The number of nitrogens with one attached hydrogen (secondary N) is 3. The van der Waals surface area contributed by atoms with Crippen molar-refractivity contribution in [2.45, 2.75) is 23.6 Å². The zero-order valence-electron chi connectivity index (χ0n) is 25.3. The predicted molar refractivity (Wildman–Crippen MR) is 174 cm³/mol. The van der Waals surface area contributed by atoms with Gasteiger partial charge in [-0.15, -0.1) is 0 Å². The molecule has 0 bridgehead atoms. The number of H-pyrrole nitrogens is 1. The van der Waals surface area contributed by atoms with Crippen molar-refractivity contribution < 1.29 is 27.4 Å². The van der Waals surface area contributed by atoms with E-state index in [1.165, 1.54) is 32.0 Å².